The van der Waals surface area contributed by atoms with E-state index in [4.69, 9.17) is 11.6 Å². The zero-order chi connectivity index (χ0) is 12.5. The molecule has 2 atom stereocenters. The van der Waals surface area contributed by atoms with Crippen LogP contribution in [0.2, 0.25) is 5.02 Å². The van der Waals surface area contributed by atoms with Gasteiger partial charge < -0.3 is 4.90 Å². The van der Waals surface area contributed by atoms with Gasteiger partial charge in [0.2, 0.25) is 0 Å². The fourth-order valence-electron chi connectivity index (χ4n) is 3.31. The predicted molar refractivity (Wildman–Crippen MR) is 68.4 cm³/mol. The second-order valence-electron chi connectivity index (χ2n) is 5.12. The second kappa shape index (κ2) is 4.84. The van der Waals surface area contributed by atoms with Gasteiger partial charge in [-0.2, -0.15) is 0 Å². The Hall–Kier alpha value is -1.16. The SMILES string of the molecule is O=C(c1ncncc1Cl)N1CCCC2CCCC21. The molecule has 1 aromatic rings. The molecule has 2 heterocycles. The Morgan fingerprint density at radius 3 is 3.00 bits per heavy atom. The number of rotatable bonds is 1. The number of amides is 1. The highest BCUT2D eigenvalue weighted by atomic mass is 35.5. The summed E-state index contributed by atoms with van der Waals surface area (Å²) in [5.41, 5.74) is 0.346. The van der Waals surface area contributed by atoms with Crippen LogP contribution in [0.15, 0.2) is 12.5 Å². The first-order chi connectivity index (χ1) is 8.77. The molecule has 18 heavy (non-hydrogen) atoms. The zero-order valence-electron chi connectivity index (χ0n) is 10.2. The van der Waals surface area contributed by atoms with E-state index < -0.39 is 0 Å². The summed E-state index contributed by atoms with van der Waals surface area (Å²) in [5.74, 6) is 0.655. The topological polar surface area (TPSA) is 46.1 Å². The number of hydrogen-bond acceptors (Lipinski definition) is 3. The largest absolute Gasteiger partial charge is 0.334 e. The number of carbonyl (C=O) groups is 1. The highest BCUT2D eigenvalue weighted by Gasteiger charge is 2.38. The highest BCUT2D eigenvalue weighted by Crippen LogP contribution is 2.37. The maximum absolute atomic E-state index is 12.5. The molecule has 0 N–H and O–H groups in total. The molecule has 2 unspecified atom stereocenters. The van der Waals surface area contributed by atoms with Gasteiger partial charge >= 0.3 is 0 Å². The lowest BCUT2D eigenvalue weighted by Gasteiger charge is -2.37. The van der Waals surface area contributed by atoms with Crippen LogP contribution in [0.4, 0.5) is 0 Å². The standard InChI is InChI=1S/C13H16ClN3O/c14-10-7-15-8-16-12(10)13(18)17-6-2-4-9-3-1-5-11(9)17/h7-9,11H,1-6H2. The smallest absolute Gasteiger partial charge is 0.274 e. The second-order valence-corrected chi connectivity index (χ2v) is 5.53. The van der Waals surface area contributed by atoms with Crippen molar-refractivity contribution in [3.63, 3.8) is 0 Å². The van der Waals surface area contributed by atoms with Gasteiger partial charge in [0.05, 0.1) is 5.02 Å². The van der Waals surface area contributed by atoms with Crippen LogP contribution >= 0.6 is 11.6 Å². The summed E-state index contributed by atoms with van der Waals surface area (Å²) in [7, 11) is 0. The van der Waals surface area contributed by atoms with Crippen LogP contribution < -0.4 is 0 Å². The lowest BCUT2D eigenvalue weighted by molar-refractivity contribution is 0.0542. The number of fused-ring (bicyclic) bond motifs is 1. The van der Waals surface area contributed by atoms with E-state index in [2.05, 4.69) is 9.97 Å². The van der Waals surface area contributed by atoms with Crippen molar-refractivity contribution in [2.45, 2.75) is 38.1 Å². The van der Waals surface area contributed by atoms with Crippen molar-refractivity contribution in [2.24, 2.45) is 5.92 Å². The maximum Gasteiger partial charge on any atom is 0.274 e. The molecule has 1 saturated carbocycles. The molecule has 1 aliphatic carbocycles. The van der Waals surface area contributed by atoms with Gasteiger partial charge in [0, 0.05) is 18.8 Å². The third-order valence-electron chi connectivity index (χ3n) is 4.12. The first kappa shape index (κ1) is 11.9. The van der Waals surface area contributed by atoms with Crippen molar-refractivity contribution in [1.82, 2.24) is 14.9 Å². The molecule has 0 radical (unpaired) electrons. The average molecular weight is 266 g/mol. The van der Waals surface area contributed by atoms with Gasteiger partial charge in [0.15, 0.2) is 0 Å². The lowest BCUT2D eigenvalue weighted by Crippen LogP contribution is -2.46. The van der Waals surface area contributed by atoms with Gasteiger partial charge in [-0.05, 0) is 31.6 Å². The minimum atomic E-state index is -0.0287. The minimum absolute atomic E-state index is 0.0287. The van der Waals surface area contributed by atoms with Crippen LogP contribution in [0, 0.1) is 5.92 Å². The fourth-order valence-corrected chi connectivity index (χ4v) is 3.50. The molecule has 0 bridgehead atoms. The first-order valence-corrected chi connectivity index (χ1v) is 6.91. The lowest BCUT2D eigenvalue weighted by atomic mass is 9.92. The number of piperidine rings is 1. The molecule has 96 valence electrons. The third kappa shape index (κ3) is 1.99. The number of carbonyl (C=O) groups excluding carboxylic acids is 1. The predicted octanol–water partition coefficient (Wildman–Crippen LogP) is 2.53. The zero-order valence-corrected chi connectivity index (χ0v) is 10.9. The van der Waals surface area contributed by atoms with E-state index in [9.17, 15) is 4.79 Å². The summed E-state index contributed by atoms with van der Waals surface area (Å²) in [6.07, 6.45) is 8.83. The van der Waals surface area contributed by atoms with Gasteiger partial charge in [0.1, 0.15) is 12.0 Å². The van der Waals surface area contributed by atoms with Crippen molar-refractivity contribution >= 4 is 17.5 Å². The van der Waals surface area contributed by atoms with E-state index >= 15 is 0 Å². The van der Waals surface area contributed by atoms with Gasteiger partial charge in [-0.25, -0.2) is 9.97 Å². The van der Waals surface area contributed by atoms with Crippen LogP contribution in [0.5, 0.6) is 0 Å². The van der Waals surface area contributed by atoms with E-state index in [1.165, 1.54) is 31.8 Å². The summed E-state index contributed by atoms with van der Waals surface area (Å²) in [4.78, 5) is 22.4. The highest BCUT2D eigenvalue weighted by molar-refractivity contribution is 6.33. The van der Waals surface area contributed by atoms with Crippen LogP contribution in [0.3, 0.4) is 0 Å². The van der Waals surface area contributed by atoms with E-state index in [0.29, 0.717) is 22.7 Å². The Morgan fingerprint density at radius 2 is 2.17 bits per heavy atom. The van der Waals surface area contributed by atoms with Crippen LogP contribution in [0.25, 0.3) is 0 Å². The quantitative estimate of drug-likeness (QED) is 0.784. The third-order valence-corrected chi connectivity index (χ3v) is 4.40. The Kier molecular flexibility index (Phi) is 3.20. The molecule has 5 heteroatoms. The number of aromatic nitrogens is 2. The minimum Gasteiger partial charge on any atom is -0.334 e. The van der Waals surface area contributed by atoms with E-state index in [-0.39, 0.29) is 5.91 Å². The molecule has 3 rings (SSSR count). The maximum atomic E-state index is 12.5. The van der Waals surface area contributed by atoms with Crippen molar-refractivity contribution < 1.29 is 4.79 Å². The van der Waals surface area contributed by atoms with Gasteiger partial charge in [0.25, 0.3) is 5.91 Å². The first-order valence-electron chi connectivity index (χ1n) is 6.54. The molecule has 0 aromatic carbocycles. The molecule has 1 amide bonds. The summed E-state index contributed by atoms with van der Waals surface area (Å²) in [6.45, 7) is 0.834. The molecular weight excluding hydrogens is 250 g/mol. The van der Waals surface area contributed by atoms with Crippen molar-refractivity contribution in [3.8, 4) is 0 Å². The number of hydrogen-bond donors (Lipinski definition) is 0. The van der Waals surface area contributed by atoms with Crippen molar-refractivity contribution in [2.75, 3.05) is 6.54 Å². The van der Waals surface area contributed by atoms with E-state index in [0.717, 1.165) is 19.4 Å². The van der Waals surface area contributed by atoms with Crippen molar-refractivity contribution in [1.29, 1.82) is 0 Å². The number of likely N-dealkylation sites (tertiary alicyclic amines) is 1. The summed E-state index contributed by atoms with van der Waals surface area (Å²) >= 11 is 6.01. The Morgan fingerprint density at radius 1 is 1.33 bits per heavy atom. The molecule has 1 aromatic heterocycles. The summed E-state index contributed by atoms with van der Waals surface area (Å²) < 4.78 is 0. The molecule has 1 aliphatic heterocycles. The van der Waals surface area contributed by atoms with Crippen molar-refractivity contribution in [3.05, 3.63) is 23.2 Å². The Balaban J connectivity index is 1.86. The molecule has 2 fully saturated rings. The van der Waals surface area contributed by atoms with Gasteiger partial charge in [-0.3, -0.25) is 4.79 Å². The van der Waals surface area contributed by atoms with Crippen LogP contribution in [-0.4, -0.2) is 33.4 Å². The molecular formula is C13H16ClN3O. The molecule has 1 saturated heterocycles. The number of nitrogens with zero attached hydrogens (tertiary/aromatic N) is 3. The fraction of sp³-hybridized carbons (Fsp3) is 0.615. The van der Waals surface area contributed by atoms with Crippen LogP contribution in [0.1, 0.15) is 42.6 Å². The normalized spacial score (nSPS) is 27.1. The number of halogens is 1. The monoisotopic (exact) mass is 265 g/mol. The van der Waals surface area contributed by atoms with Gasteiger partial charge in [-0.15, -0.1) is 0 Å². The molecule has 4 nitrogen and oxygen atoms in total. The molecule has 0 spiro atoms. The summed E-state index contributed by atoms with van der Waals surface area (Å²) in [5, 5.41) is 0.350. The van der Waals surface area contributed by atoms with Gasteiger partial charge in [-0.1, -0.05) is 18.0 Å². The van der Waals surface area contributed by atoms with E-state index in [1.807, 2.05) is 4.90 Å². The Labute approximate surface area is 111 Å². The Bertz CT molecular complexity index is 465. The van der Waals surface area contributed by atoms with E-state index in [1.54, 1.807) is 0 Å². The van der Waals surface area contributed by atoms with Crippen LogP contribution in [-0.2, 0) is 0 Å². The summed E-state index contributed by atoms with van der Waals surface area (Å²) in [6, 6.07) is 0.400. The average Bonchev–Trinajstić information content (AvgIpc) is 2.86. The molecule has 2 aliphatic rings.